The maximum Gasteiger partial charge on any atom is 0.416 e. The van der Waals surface area contributed by atoms with Crippen molar-refractivity contribution in [3.63, 3.8) is 0 Å². The van der Waals surface area contributed by atoms with E-state index < -0.39 is 17.8 Å². The SMILES string of the molecule is C[C@H]1Oc2ccc(NC(=O)C3CC3)cc2CN(Cc2cccc(C(F)(F)F)c2)C1=O. The normalized spacial score (nSPS) is 19.0. The van der Waals surface area contributed by atoms with Crippen LogP contribution in [0.1, 0.15) is 36.5 Å². The van der Waals surface area contributed by atoms with Crippen LogP contribution in [0, 0.1) is 5.92 Å². The molecule has 2 amide bonds. The van der Waals surface area contributed by atoms with Crippen LogP contribution >= 0.6 is 0 Å². The molecule has 1 aliphatic carbocycles. The van der Waals surface area contributed by atoms with Crippen molar-refractivity contribution < 1.29 is 27.5 Å². The maximum atomic E-state index is 13.0. The van der Waals surface area contributed by atoms with Gasteiger partial charge < -0.3 is 15.0 Å². The molecule has 0 saturated heterocycles. The van der Waals surface area contributed by atoms with Crippen LogP contribution in [0.2, 0.25) is 0 Å². The first-order chi connectivity index (χ1) is 14.2. The third-order valence-corrected chi connectivity index (χ3v) is 5.23. The molecule has 158 valence electrons. The molecule has 30 heavy (non-hydrogen) atoms. The fraction of sp³-hybridized carbons (Fsp3) is 0.364. The Bertz CT molecular complexity index is 986. The highest BCUT2D eigenvalue weighted by molar-refractivity contribution is 5.94. The molecule has 5 nitrogen and oxygen atoms in total. The molecule has 0 spiro atoms. The second-order valence-electron chi connectivity index (χ2n) is 7.74. The third kappa shape index (κ3) is 4.42. The van der Waals surface area contributed by atoms with Gasteiger partial charge in [-0.05, 0) is 55.7 Å². The Morgan fingerprint density at radius 2 is 1.97 bits per heavy atom. The number of hydrogen-bond acceptors (Lipinski definition) is 3. The number of hydrogen-bond donors (Lipinski definition) is 1. The molecule has 8 heteroatoms. The van der Waals surface area contributed by atoms with Crippen molar-refractivity contribution in [3.8, 4) is 5.75 Å². The van der Waals surface area contributed by atoms with Crippen molar-refractivity contribution in [2.75, 3.05) is 5.32 Å². The summed E-state index contributed by atoms with van der Waals surface area (Å²) in [5.74, 6) is 0.229. The number of rotatable bonds is 4. The fourth-order valence-electron chi connectivity index (χ4n) is 3.47. The van der Waals surface area contributed by atoms with Gasteiger partial charge in [-0.25, -0.2) is 0 Å². The number of halogens is 3. The van der Waals surface area contributed by atoms with E-state index in [1.54, 1.807) is 31.2 Å². The van der Waals surface area contributed by atoms with Gasteiger partial charge in [0, 0.05) is 30.3 Å². The molecular weight excluding hydrogens is 397 g/mol. The van der Waals surface area contributed by atoms with Gasteiger partial charge in [-0.15, -0.1) is 0 Å². The van der Waals surface area contributed by atoms with Gasteiger partial charge in [0.1, 0.15) is 5.75 Å². The molecule has 1 aliphatic heterocycles. The van der Waals surface area contributed by atoms with Gasteiger partial charge in [0.05, 0.1) is 5.56 Å². The largest absolute Gasteiger partial charge is 0.481 e. The number of amides is 2. The molecule has 0 bridgehead atoms. The smallest absolute Gasteiger partial charge is 0.416 e. The molecule has 1 heterocycles. The first-order valence-corrected chi connectivity index (χ1v) is 9.76. The molecule has 0 aromatic heterocycles. The van der Waals surface area contributed by atoms with Crippen molar-refractivity contribution in [2.24, 2.45) is 5.92 Å². The molecule has 2 aromatic rings. The number of benzene rings is 2. The number of carbonyl (C=O) groups excluding carboxylic acids is 2. The van der Waals surface area contributed by atoms with Crippen LogP contribution in [0.25, 0.3) is 0 Å². The molecule has 4 rings (SSSR count). The third-order valence-electron chi connectivity index (χ3n) is 5.23. The highest BCUT2D eigenvalue weighted by Gasteiger charge is 2.32. The zero-order chi connectivity index (χ0) is 21.5. The standard InChI is InChI=1S/C22H21F3N2O3/c1-13-21(29)27(11-14-3-2-4-17(9-14)22(23,24)25)12-16-10-18(7-8-19(16)30-13)26-20(28)15-5-6-15/h2-4,7-10,13,15H,5-6,11-12H2,1H3,(H,26,28)/t13-/m1/s1. The van der Waals surface area contributed by atoms with Gasteiger partial charge in [0.2, 0.25) is 5.91 Å². The number of nitrogens with zero attached hydrogens (tertiary/aromatic N) is 1. The van der Waals surface area contributed by atoms with Crippen LogP contribution in [0.3, 0.4) is 0 Å². The topological polar surface area (TPSA) is 58.6 Å². The van der Waals surface area contributed by atoms with E-state index in [9.17, 15) is 22.8 Å². The number of nitrogens with one attached hydrogen (secondary N) is 1. The van der Waals surface area contributed by atoms with Gasteiger partial charge in [-0.2, -0.15) is 13.2 Å². The Morgan fingerprint density at radius 3 is 2.67 bits per heavy atom. The quantitative estimate of drug-likeness (QED) is 0.803. The van der Waals surface area contributed by atoms with Gasteiger partial charge in [-0.3, -0.25) is 9.59 Å². The van der Waals surface area contributed by atoms with Crippen molar-refractivity contribution >= 4 is 17.5 Å². The fourth-order valence-corrected chi connectivity index (χ4v) is 3.47. The summed E-state index contributed by atoms with van der Waals surface area (Å²) in [7, 11) is 0. The van der Waals surface area contributed by atoms with Crippen LogP contribution in [-0.4, -0.2) is 22.8 Å². The molecule has 1 saturated carbocycles. The van der Waals surface area contributed by atoms with E-state index in [4.69, 9.17) is 4.74 Å². The monoisotopic (exact) mass is 418 g/mol. The van der Waals surface area contributed by atoms with Gasteiger partial charge in [0.25, 0.3) is 5.91 Å². The zero-order valence-corrected chi connectivity index (χ0v) is 16.3. The first-order valence-electron chi connectivity index (χ1n) is 9.76. The minimum atomic E-state index is -4.45. The van der Waals surface area contributed by atoms with E-state index in [1.165, 1.54) is 11.0 Å². The Balaban J connectivity index is 1.57. The summed E-state index contributed by atoms with van der Waals surface area (Å²) in [6.45, 7) is 1.80. The van der Waals surface area contributed by atoms with E-state index >= 15 is 0 Å². The van der Waals surface area contributed by atoms with Crippen LogP contribution in [0.15, 0.2) is 42.5 Å². The lowest BCUT2D eigenvalue weighted by atomic mass is 10.1. The lowest BCUT2D eigenvalue weighted by molar-refractivity contribution is -0.138. The Morgan fingerprint density at radius 1 is 1.20 bits per heavy atom. The molecule has 1 N–H and O–H groups in total. The van der Waals surface area contributed by atoms with Crippen LogP contribution in [0.4, 0.5) is 18.9 Å². The summed E-state index contributed by atoms with van der Waals surface area (Å²) in [5.41, 5.74) is 0.924. The molecule has 1 fully saturated rings. The first kappa shape index (κ1) is 20.3. The average molecular weight is 418 g/mol. The Hall–Kier alpha value is -3.03. The van der Waals surface area contributed by atoms with E-state index in [0.29, 0.717) is 22.6 Å². The minimum absolute atomic E-state index is 0.0224. The lowest BCUT2D eigenvalue weighted by Crippen LogP contribution is -2.37. The summed E-state index contributed by atoms with van der Waals surface area (Å²) in [6, 6.07) is 10.1. The molecular formula is C22H21F3N2O3. The highest BCUT2D eigenvalue weighted by atomic mass is 19.4. The van der Waals surface area contributed by atoms with Gasteiger partial charge >= 0.3 is 6.18 Å². The molecule has 2 aromatic carbocycles. The molecule has 2 aliphatic rings. The minimum Gasteiger partial charge on any atom is -0.481 e. The molecule has 0 unspecified atom stereocenters. The van der Waals surface area contributed by atoms with Crippen molar-refractivity contribution in [1.82, 2.24) is 4.90 Å². The maximum absolute atomic E-state index is 13.0. The number of fused-ring (bicyclic) bond motifs is 1. The van der Waals surface area contributed by atoms with E-state index in [1.807, 2.05) is 0 Å². The number of alkyl halides is 3. The highest BCUT2D eigenvalue weighted by Crippen LogP contribution is 2.33. The summed E-state index contributed by atoms with van der Waals surface area (Å²) in [4.78, 5) is 26.3. The van der Waals surface area contributed by atoms with E-state index in [2.05, 4.69) is 5.32 Å². The number of ether oxygens (including phenoxy) is 1. The number of anilines is 1. The second-order valence-corrected chi connectivity index (χ2v) is 7.74. The van der Waals surface area contributed by atoms with E-state index in [-0.39, 0.29) is 30.8 Å². The summed E-state index contributed by atoms with van der Waals surface area (Å²) in [5, 5.41) is 2.86. The van der Waals surface area contributed by atoms with Gasteiger partial charge in [-0.1, -0.05) is 12.1 Å². The lowest BCUT2D eigenvalue weighted by Gasteiger charge is -2.22. The predicted octanol–water partition coefficient (Wildman–Crippen LogP) is 4.36. The van der Waals surface area contributed by atoms with Crippen molar-refractivity contribution in [1.29, 1.82) is 0 Å². The molecule has 0 radical (unpaired) electrons. The Kier molecular flexibility index (Phi) is 5.17. The predicted molar refractivity (Wildman–Crippen MR) is 104 cm³/mol. The summed E-state index contributed by atoms with van der Waals surface area (Å²) < 4.78 is 44.8. The van der Waals surface area contributed by atoms with Gasteiger partial charge in [0.15, 0.2) is 6.10 Å². The van der Waals surface area contributed by atoms with Crippen LogP contribution in [-0.2, 0) is 28.9 Å². The summed E-state index contributed by atoms with van der Waals surface area (Å²) >= 11 is 0. The molecule has 1 atom stereocenters. The van der Waals surface area contributed by atoms with Crippen molar-refractivity contribution in [3.05, 3.63) is 59.2 Å². The summed E-state index contributed by atoms with van der Waals surface area (Å²) in [6.07, 6.45) is -3.45. The van der Waals surface area contributed by atoms with Crippen molar-refractivity contribution in [2.45, 2.75) is 45.1 Å². The second kappa shape index (κ2) is 7.66. The van der Waals surface area contributed by atoms with Crippen LogP contribution < -0.4 is 10.1 Å². The zero-order valence-electron chi connectivity index (χ0n) is 16.3. The average Bonchev–Trinajstić information content (AvgIpc) is 3.53. The number of carbonyl (C=O) groups is 2. The Labute approximate surface area is 171 Å². The van der Waals surface area contributed by atoms with Crippen LogP contribution in [0.5, 0.6) is 5.75 Å². The van der Waals surface area contributed by atoms with E-state index in [0.717, 1.165) is 25.0 Å².